The zero-order valence-corrected chi connectivity index (χ0v) is 18.5. The number of nitrogens with zero attached hydrogens (tertiary/aromatic N) is 1. The fourth-order valence-electron chi connectivity index (χ4n) is 3.97. The van der Waals surface area contributed by atoms with Crippen molar-refractivity contribution >= 4 is 28.8 Å². The Bertz CT molecular complexity index is 1230. The summed E-state index contributed by atoms with van der Waals surface area (Å²) in [5, 5.41) is 3.27. The molecular formula is C27H26N2O2. The van der Waals surface area contributed by atoms with Crippen LogP contribution < -0.4 is 10.2 Å². The third kappa shape index (κ3) is 3.77. The normalized spacial score (nSPS) is 13.9. The summed E-state index contributed by atoms with van der Waals surface area (Å²) < 4.78 is 0. The van der Waals surface area contributed by atoms with Gasteiger partial charge in [-0.2, -0.15) is 0 Å². The highest BCUT2D eigenvalue weighted by Crippen LogP contribution is 2.35. The van der Waals surface area contributed by atoms with Crippen molar-refractivity contribution in [3.05, 3.63) is 99.7 Å². The van der Waals surface area contributed by atoms with Gasteiger partial charge in [0.15, 0.2) is 0 Å². The van der Waals surface area contributed by atoms with Gasteiger partial charge in [0.05, 0.1) is 11.3 Å². The maximum Gasteiger partial charge on any atom is 0.282 e. The fourth-order valence-corrected chi connectivity index (χ4v) is 3.97. The molecule has 4 heteroatoms. The molecule has 3 aromatic carbocycles. The molecule has 156 valence electrons. The molecule has 1 aliphatic heterocycles. The standard InChI is InChI=1S/C27H26N2O2/c1-16-12-17(2)14-22(13-16)29-26(30)24(21-11-10-18(3)20(5)15-21)25(27(29)31)28-23-9-7-6-8-19(23)4/h6-15,28H,1-5H3. The summed E-state index contributed by atoms with van der Waals surface area (Å²) in [5.41, 5.74) is 8.07. The largest absolute Gasteiger partial charge is 0.350 e. The van der Waals surface area contributed by atoms with Crippen LogP contribution in [0.2, 0.25) is 0 Å². The molecule has 0 bridgehead atoms. The minimum absolute atomic E-state index is 0.307. The number of para-hydroxylation sites is 1. The summed E-state index contributed by atoms with van der Waals surface area (Å²) in [6.45, 7) is 9.94. The molecular weight excluding hydrogens is 384 g/mol. The lowest BCUT2D eigenvalue weighted by atomic mass is 9.99. The average Bonchev–Trinajstić information content (AvgIpc) is 2.95. The molecule has 1 aliphatic rings. The minimum Gasteiger partial charge on any atom is -0.350 e. The van der Waals surface area contributed by atoms with Crippen molar-refractivity contribution in [2.45, 2.75) is 34.6 Å². The summed E-state index contributed by atoms with van der Waals surface area (Å²) in [5.74, 6) is -0.652. The molecule has 0 saturated heterocycles. The second-order valence-electron chi connectivity index (χ2n) is 8.28. The van der Waals surface area contributed by atoms with Crippen LogP contribution in [0, 0.1) is 34.6 Å². The Kier molecular flexibility index (Phi) is 5.24. The molecule has 0 unspecified atom stereocenters. The van der Waals surface area contributed by atoms with Crippen LogP contribution in [0.1, 0.15) is 33.4 Å². The molecule has 31 heavy (non-hydrogen) atoms. The van der Waals surface area contributed by atoms with Gasteiger partial charge in [0.1, 0.15) is 5.70 Å². The number of rotatable bonds is 4. The molecule has 3 aromatic rings. The van der Waals surface area contributed by atoms with Crippen LogP contribution >= 0.6 is 0 Å². The fraction of sp³-hybridized carbons (Fsp3) is 0.185. The average molecular weight is 411 g/mol. The molecule has 0 fully saturated rings. The van der Waals surface area contributed by atoms with Crippen molar-refractivity contribution < 1.29 is 9.59 Å². The number of aryl methyl sites for hydroxylation is 5. The molecule has 0 spiro atoms. The molecule has 4 rings (SSSR count). The first-order valence-electron chi connectivity index (χ1n) is 10.4. The monoisotopic (exact) mass is 410 g/mol. The Labute approximate surface area is 183 Å². The van der Waals surface area contributed by atoms with E-state index in [9.17, 15) is 9.59 Å². The number of imide groups is 1. The van der Waals surface area contributed by atoms with E-state index in [1.807, 2.05) is 95.3 Å². The maximum absolute atomic E-state index is 13.6. The van der Waals surface area contributed by atoms with E-state index < -0.39 is 0 Å². The molecule has 0 radical (unpaired) electrons. The Balaban J connectivity index is 1.88. The summed E-state index contributed by atoms with van der Waals surface area (Å²) in [6.07, 6.45) is 0. The van der Waals surface area contributed by atoms with Gasteiger partial charge < -0.3 is 5.32 Å². The number of hydrogen-bond acceptors (Lipinski definition) is 3. The number of hydrogen-bond donors (Lipinski definition) is 1. The van der Waals surface area contributed by atoms with Crippen LogP contribution in [-0.4, -0.2) is 11.8 Å². The van der Waals surface area contributed by atoms with Gasteiger partial charge in [-0.1, -0.05) is 42.5 Å². The third-order valence-electron chi connectivity index (χ3n) is 5.75. The van der Waals surface area contributed by atoms with Crippen molar-refractivity contribution in [1.82, 2.24) is 0 Å². The molecule has 0 aliphatic carbocycles. The van der Waals surface area contributed by atoms with E-state index in [0.29, 0.717) is 17.0 Å². The number of anilines is 2. The van der Waals surface area contributed by atoms with Gasteiger partial charge in [-0.05, 0) is 86.2 Å². The van der Waals surface area contributed by atoms with Gasteiger partial charge >= 0.3 is 0 Å². The first-order valence-corrected chi connectivity index (χ1v) is 10.4. The molecule has 0 saturated carbocycles. The van der Waals surface area contributed by atoms with Gasteiger partial charge in [-0.25, -0.2) is 4.90 Å². The van der Waals surface area contributed by atoms with Gasteiger partial charge in [0.25, 0.3) is 11.8 Å². The van der Waals surface area contributed by atoms with Crippen LogP contribution in [0.15, 0.2) is 66.4 Å². The van der Waals surface area contributed by atoms with Crippen molar-refractivity contribution in [3.8, 4) is 0 Å². The van der Waals surface area contributed by atoms with Crippen LogP contribution in [0.4, 0.5) is 11.4 Å². The lowest BCUT2D eigenvalue weighted by Gasteiger charge is -2.17. The first-order chi connectivity index (χ1) is 14.8. The Morgan fingerprint density at radius 2 is 1.35 bits per heavy atom. The molecule has 4 nitrogen and oxygen atoms in total. The van der Waals surface area contributed by atoms with E-state index in [4.69, 9.17) is 0 Å². The van der Waals surface area contributed by atoms with E-state index in [1.165, 1.54) is 4.90 Å². The maximum atomic E-state index is 13.6. The molecule has 1 N–H and O–H groups in total. The quantitative estimate of drug-likeness (QED) is 0.568. The van der Waals surface area contributed by atoms with E-state index in [1.54, 1.807) is 0 Å². The second-order valence-corrected chi connectivity index (χ2v) is 8.28. The number of benzene rings is 3. The predicted molar refractivity (Wildman–Crippen MR) is 126 cm³/mol. The second kappa shape index (κ2) is 7.88. The Hall–Kier alpha value is -3.66. The summed E-state index contributed by atoms with van der Waals surface area (Å²) >= 11 is 0. The number of nitrogens with one attached hydrogen (secondary N) is 1. The lowest BCUT2D eigenvalue weighted by molar-refractivity contribution is -0.120. The summed E-state index contributed by atoms with van der Waals surface area (Å²) in [4.78, 5) is 28.5. The van der Waals surface area contributed by atoms with E-state index in [-0.39, 0.29) is 11.8 Å². The molecule has 0 aromatic heterocycles. The molecule has 0 atom stereocenters. The Morgan fingerprint density at radius 3 is 2.00 bits per heavy atom. The number of amides is 2. The SMILES string of the molecule is Cc1cc(C)cc(N2C(=O)C(Nc3ccccc3C)=C(c3ccc(C)c(C)c3)C2=O)c1. The van der Waals surface area contributed by atoms with Crippen LogP contribution in [0.5, 0.6) is 0 Å². The predicted octanol–water partition coefficient (Wildman–Crippen LogP) is 5.63. The van der Waals surface area contributed by atoms with Crippen LogP contribution in [0.25, 0.3) is 5.57 Å². The lowest BCUT2D eigenvalue weighted by Crippen LogP contribution is -2.32. The summed E-state index contributed by atoms with van der Waals surface area (Å²) in [7, 11) is 0. The topological polar surface area (TPSA) is 49.4 Å². The number of carbonyl (C=O) groups is 2. The van der Waals surface area contributed by atoms with Crippen molar-refractivity contribution in [2.75, 3.05) is 10.2 Å². The number of carbonyl (C=O) groups excluding carboxylic acids is 2. The van der Waals surface area contributed by atoms with E-state index in [2.05, 4.69) is 5.32 Å². The smallest absolute Gasteiger partial charge is 0.282 e. The van der Waals surface area contributed by atoms with Gasteiger partial charge in [-0.15, -0.1) is 0 Å². The van der Waals surface area contributed by atoms with Crippen LogP contribution in [0.3, 0.4) is 0 Å². The van der Waals surface area contributed by atoms with Crippen molar-refractivity contribution in [1.29, 1.82) is 0 Å². The highest BCUT2D eigenvalue weighted by atomic mass is 16.2. The first kappa shape index (κ1) is 20.6. The van der Waals surface area contributed by atoms with Crippen molar-refractivity contribution in [3.63, 3.8) is 0 Å². The minimum atomic E-state index is -0.341. The zero-order valence-electron chi connectivity index (χ0n) is 18.5. The zero-order chi connectivity index (χ0) is 22.3. The van der Waals surface area contributed by atoms with E-state index in [0.717, 1.165) is 39.1 Å². The van der Waals surface area contributed by atoms with Gasteiger partial charge in [0.2, 0.25) is 0 Å². The molecule has 2 amide bonds. The Morgan fingerprint density at radius 1 is 0.677 bits per heavy atom. The highest BCUT2D eigenvalue weighted by Gasteiger charge is 2.40. The van der Waals surface area contributed by atoms with Crippen molar-refractivity contribution in [2.24, 2.45) is 0 Å². The summed E-state index contributed by atoms with van der Waals surface area (Å²) in [6, 6.07) is 19.4. The van der Waals surface area contributed by atoms with E-state index >= 15 is 0 Å². The van der Waals surface area contributed by atoms with Gasteiger partial charge in [-0.3, -0.25) is 9.59 Å². The highest BCUT2D eigenvalue weighted by molar-refractivity contribution is 6.46. The van der Waals surface area contributed by atoms with Gasteiger partial charge in [0, 0.05) is 5.69 Å². The third-order valence-corrected chi connectivity index (χ3v) is 5.75. The van der Waals surface area contributed by atoms with Crippen LogP contribution in [-0.2, 0) is 9.59 Å². The molecule has 1 heterocycles.